The molecule has 0 amide bonds. The Morgan fingerprint density at radius 3 is 2.53 bits per heavy atom. The molecule has 1 atom stereocenters. The van der Waals surface area contributed by atoms with Crippen molar-refractivity contribution in [2.75, 3.05) is 6.54 Å². The number of nitrogens with one attached hydrogen (secondary N) is 1. The zero-order chi connectivity index (χ0) is 12.4. The van der Waals surface area contributed by atoms with E-state index in [2.05, 4.69) is 5.32 Å². The molecular formula is C13H13NO3. The molecule has 4 heteroatoms. The number of carbonyl (C=O) groups excluding carboxylic acids is 2. The van der Waals surface area contributed by atoms with Crippen LogP contribution in [0.2, 0.25) is 0 Å². The highest BCUT2D eigenvalue weighted by atomic mass is 16.3. The number of fused-ring (bicyclic) bond motifs is 1. The Balaban J connectivity index is 2.36. The van der Waals surface area contributed by atoms with E-state index in [1.807, 2.05) is 0 Å². The fraction of sp³-hybridized carbons (Fsp3) is 0.231. The molecule has 0 spiro atoms. The summed E-state index contributed by atoms with van der Waals surface area (Å²) in [6.45, 7) is 1.98. The topological polar surface area (TPSA) is 66.4 Å². The molecule has 0 heterocycles. The van der Waals surface area contributed by atoms with Crippen LogP contribution in [-0.2, 0) is 4.79 Å². The van der Waals surface area contributed by atoms with Crippen LogP contribution in [0.1, 0.15) is 22.8 Å². The van der Waals surface area contributed by atoms with Gasteiger partial charge in [0.15, 0.2) is 0 Å². The number of aliphatic hydroxyl groups excluding tert-OH is 1. The summed E-state index contributed by atoms with van der Waals surface area (Å²) in [5, 5.41) is 12.2. The number of allylic oxidation sites excluding steroid dienone is 1. The van der Waals surface area contributed by atoms with E-state index in [4.69, 9.17) is 0 Å². The van der Waals surface area contributed by atoms with Crippen molar-refractivity contribution in [3.8, 4) is 0 Å². The minimum Gasteiger partial charge on any atom is -0.392 e. The van der Waals surface area contributed by atoms with Gasteiger partial charge in [-0.25, -0.2) is 0 Å². The second kappa shape index (κ2) is 4.51. The summed E-state index contributed by atoms with van der Waals surface area (Å²) in [5.74, 6) is -1.01. The largest absolute Gasteiger partial charge is 0.392 e. The number of Topliss-reactive ketones (excluding diaryl/α,β-unsaturated/α-hetero) is 1. The van der Waals surface area contributed by atoms with Crippen LogP contribution in [0.4, 0.5) is 0 Å². The highest BCUT2D eigenvalue weighted by molar-refractivity contribution is 6.50. The first-order chi connectivity index (χ1) is 8.09. The fourth-order valence-corrected chi connectivity index (χ4v) is 1.73. The van der Waals surface area contributed by atoms with E-state index in [-0.39, 0.29) is 0 Å². The van der Waals surface area contributed by atoms with Gasteiger partial charge in [0.05, 0.1) is 6.10 Å². The molecule has 1 aliphatic rings. The summed E-state index contributed by atoms with van der Waals surface area (Å²) in [7, 11) is 0. The molecule has 0 unspecified atom stereocenters. The molecule has 0 saturated heterocycles. The zero-order valence-corrected chi connectivity index (χ0v) is 9.43. The van der Waals surface area contributed by atoms with Gasteiger partial charge in [0.1, 0.15) is 0 Å². The molecule has 1 aromatic carbocycles. The van der Waals surface area contributed by atoms with E-state index >= 15 is 0 Å². The maximum absolute atomic E-state index is 11.6. The summed E-state index contributed by atoms with van der Waals surface area (Å²) in [6, 6.07) is 6.94. The van der Waals surface area contributed by atoms with Crippen molar-refractivity contribution in [2.24, 2.45) is 0 Å². The molecule has 0 radical (unpaired) electrons. The van der Waals surface area contributed by atoms with E-state index in [9.17, 15) is 14.7 Å². The SMILES string of the molecule is C[C@H](O)CNC1=CC(=O)C(=O)c2ccccc21. The average molecular weight is 231 g/mol. The number of rotatable bonds is 3. The van der Waals surface area contributed by atoms with Gasteiger partial charge in [-0.1, -0.05) is 24.3 Å². The second-order valence-electron chi connectivity index (χ2n) is 4.03. The predicted molar refractivity (Wildman–Crippen MR) is 63.4 cm³/mol. The third-order valence-corrected chi connectivity index (χ3v) is 2.55. The Bertz CT molecular complexity index is 503. The normalized spacial score (nSPS) is 16.2. The molecule has 0 saturated carbocycles. The van der Waals surface area contributed by atoms with Gasteiger partial charge in [0.25, 0.3) is 0 Å². The first-order valence-electron chi connectivity index (χ1n) is 5.41. The third-order valence-electron chi connectivity index (χ3n) is 2.55. The molecule has 0 aliphatic heterocycles. The monoisotopic (exact) mass is 231 g/mol. The van der Waals surface area contributed by atoms with Crippen molar-refractivity contribution < 1.29 is 14.7 Å². The second-order valence-corrected chi connectivity index (χ2v) is 4.03. The Kier molecular flexibility index (Phi) is 3.06. The van der Waals surface area contributed by atoms with Crippen molar-refractivity contribution >= 4 is 17.3 Å². The lowest BCUT2D eigenvalue weighted by Crippen LogP contribution is -2.28. The summed E-state index contributed by atoms with van der Waals surface area (Å²) < 4.78 is 0. The maximum atomic E-state index is 11.6. The first-order valence-corrected chi connectivity index (χ1v) is 5.41. The van der Waals surface area contributed by atoms with Crippen LogP contribution >= 0.6 is 0 Å². The molecule has 88 valence electrons. The Labute approximate surface area is 99.0 Å². The summed E-state index contributed by atoms with van der Waals surface area (Å²) >= 11 is 0. The number of hydrogen-bond donors (Lipinski definition) is 2. The van der Waals surface area contributed by atoms with Crippen LogP contribution in [0, 0.1) is 0 Å². The molecule has 0 aromatic heterocycles. The molecule has 17 heavy (non-hydrogen) atoms. The Morgan fingerprint density at radius 2 is 1.88 bits per heavy atom. The van der Waals surface area contributed by atoms with Crippen LogP contribution in [0.5, 0.6) is 0 Å². The molecule has 1 aliphatic carbocycles. The Morgan fingerprint density at radius 1 is 1.24 bits per heavy atom. The Hall–Kier alpha value is -1.94. The third kappa shape index (κ3) is 2.26. The summed E-state index contributed by atoms with van der Waals surface area (Å²) in [4.78, 5) is 23.1. The molecule has 2 rings (SSSR count). The summed E-state index contributed by atoms with van der Waals surface area (Å²) in [5.41, 5.74) is 1.71. The molecule has 1 aromatic rings. The fourth-order valence-electron chi connectivity index (χ4n) is 1.73. The van der Waals surface area contributed by atoms with Gasteiger partial charge >= 0.3 is 0 Å². The highest BCUT2D eigenvalue weighted by Crippen LogP contribution is 2.22. The van der Waals surface area contributed by atoms with Crippen molar-refractivity contribution in [1.29, 1.82) is 0 Å². The van der Waals surface area contributed by atoms with Crippen molar-refractivity contribution in [2.45, 2.75) is 13.0 Å². The van der Waals surface area contributed by atoms with E-state index in [1.165, 1.54) is 6.08 Å². The van der Waals surface area contributed by atoms with E-state index in [1.54, 1.807) is 31.2 Å². The van der Waals surface area contributed by atoms with Crippen molar-refractivity contribution in [3.63, 3.8) is 0 Å². The summed E-state index contributed by atoms with van der Waals surface area (Å²) in [6.07, 6.45) is 0.767. The van der Waals surface area contributed by atoms with Crippen LogP contribution in [0.15, 0.2) is 30.3 Å². The van der Waals surface area contributed by atoms with Gasteiger partial charge in [-0.2, -0.15) is 0 Å². The van der Waals surface area contributed by atoms with Crippen LogP contribution < -0.4 is 5.32 Å². The average Bonchev–Trinajstić information content (AvgIpc) is 2.32. The lowest BCUT2D eigenvalue weighted by Gasteiger charge is -2.18. The molecule has 4 nitrogen and oxygen atoms in total. The quantitative estimate of drug-likeness (QED) is 0.754. The van der Waals surface area contributed by atoms with Gasteiger partial charge < -0.3 is 10.4 Å². The van der Waals surface area contributed by atoms with Crippen molar-refractivity contribution in [3.05, 3.63) is 41.5 Å². The van der Waals surface area contributed by atoms with Crippen LogP contribution in [0.25, 0.3) is 5.70 Å². The zero-order valence-electron chi connectivity index (χ0n) is 9.43. The van der Waals surface area contributed by atoms with Crippen molar-refractivity contribution in [1.82, 2.24) is 5.32 Å². The maximum Gasteiger partial charge on any atom is 0.233 e. The minimum atomic E-state index is -0.531. The van der Waals surface area contributed by atoms with Gasteiger partial charge in [-0.15, -0.1) is 0 Å². The number of benzene rings is 1. The highest BCUT2D eigenvalue weighted by Gasteiger charge is 2.25. The molecule has 2 N–H and O–H groups in total. The standard InChI is InChI=1S/C13H13NO3/c1-8(15)7-14-11-6-12(16)13(17)10-5-3-2-4-9(10)11/h2-6,8,14-15H,7H2,1H3/t8-/m0/s1. The van der Waals surface area contributed by atoms with Gasteiger partial charge in [-0.3, -0.25) is 9.59 Å². The molecule has 0 bridgehead atoms. The number of ketones is 2. The lowest BCUT2D eigenvalue weighted by molar-refractivity contribution is -0.111. The molecular weight excluding hydrogens is 218 g/mol. The molecule has 0 fully saturated rings. The smallest absolute Gasteiger partial charge is 0.233 e. The van der Waals surface area contributed by atoms with Crippen LogP contribution in [0.3, 0.4) is 0 Å². The van der Waals surface area contributed by atoms with E-state index in [0.29, 0.717) is 23.4 Å². The van der Waals surface area contributed by atoms with E-state index in [0.717, 1.165) is 0 Å². The predicted octanol–water partition coefficient (Wildman–Crippen LogP) is 0.763. The number of aliphatic hydroxyl groups is 1. The number of hydrogen-bond acceptors (Lipinski definition) is 4. The minimum absolute atomic E-state index is 0.335. The number of carbonyl (C=O) groups is 2. The van der Waals surface area contributed by atoms with Gasteiger partial charge in [-0.05, 0) is 6.92 Å². The van der Waals surface area contributed by atoms with Crippen LogP contribution in [-0.4, -0.2) is 29.3 Å². The van der Waals surface area contributed by atoms with E-state index < -0.39 is 17.7 Å². The first kappa shape index (κ1) is 11.5. The lowest BCUT2D eigenvalue weighted by atomic mass is 9.93. The van der Waals surface area contributed by atoms with Gasteiger partial charge in [0, 0.05) is 29.4 Å². The van der Waals surface area contributed by atoms with Gasteiger partial charge in [0.2, 0.25) is 11.6 Å².